The van der Waals surface area contributed by atoms with Crippen LogP contribution in [0, 0.1) is 5.82 Å². The molecule has 2 fully saturated rings. The number of piperazine rings is 1. The van der Waals surface area contributed by atoms with Crippen LogP contribution in [0.3, 0.4) is 0 Å². The summed E-state index contributed by atoms with van der Waals surface area (Å²) in [6.07, 6.45) is 0.741. The Kier molecular flexibility index (Phi) is 4.45. The van der Waals surface area contributed by atoms with E-state index in [1.54, 1.807) is 6.07 Å². The molecule has 0 N–H and O–H groups in total. The number of pyridine rings is 1. The minimum Gasteiger partial charge on any atom is -0.354 e. The number of benzene rings is 1. The molecule has 0 spiro atoms. The number of anilines is 1. The maximum Gasteiger partial charge on any atom is 0.151 e. The maximum absolute atomic E-state index is 13.8. The second-order valence-corrected chi connectivity index (χ2v) is 9.79. The summed E-state index contributed by atoms with van der Waals surface area (Å²) in [7, 11) is -2.85. The zero-order valence-corrected chi connectivity index (χ0v) is 16.1. The van der Waals surface area contributed by atoms with Crippen molar-refractivity contribution < 1.29 is 12.8 Å². The summed E-state index contributed by atoms with van der Waals surface area (Å²) in [6, 6.07) is 7.26. The molecule has 4 rings (SSSR count). The highest BCUT2D eigenvalue weighted by Gasteiger charge is 2.33. The van der Waals surface area contributed by atoms with Crippen LogP contribution in [0.25, 0.3) is 10.9 Å². The van der Waals surface area contributed by atoms with E-state index in [-0.39, 0.29) is 17.6 Å². The first-order valence-electron chi connectivity index (χ1n) is 8.36. The summed E-state index contributed by atoms with van der Waals surface area (Å²) < 4.78 is 37.5. The summed E-state index contributed by atoms with van der Waals surface area (Å²) in [5, 5.41) is 0.895. The first-order valence-corrected chi connectivity index (χ1v) is 11.0. The second kappa shape index (κ2) is 6.48. The van der Waals surface area contributed by atoms with Crippen molar-refractivity contribution in [2.24, 2.45) is 0 Å². The summed E-state index contributed by atoms with van der Waals surface area (Å²) >= 11 is 3.20. The highest BCUT2D eigenvalue weighted by atomic mass is 79.9. The third-order valence-corrected chi connectivity index (χ3v) is 7.44. The van der Waals surface area contributed by atoms with Crippen molar-refractivity contribution in [1.82, 2.24) is 9.88 Å². The molecule has 3 heterocycles. The number of halogens is 2. The summed E-state index contributed by atoms with van der Waals surface area (Å²) in [5.41, 5.74) is 0.641. The number of hydrogen-bond donors (Lipinski definition) is 0. The van der Waals surface area contributed by atoms with Crippen LogP contribution in [0.2, 0.25) is 0 Å². The van der Waals surface area contributed by atoms with Gasteiger partial charge < -0.3 is 4.90 Å². The molecule has 2 aliphatic rings. The van der Waals surface area contributed by atoms with Gasteiger partial charge in [0.05, 0.1) is 21.5 Å². The maximum atomic E-state index is 13.8. The molecule has 2 aliphatic heterocycles. The normalized spacial score (nSPS) is 24.1. The molecule has 2 saturated heterocycles. The zero-order chi connectivity index (χ0) is 17.6. The molecule has 25 heavy (non-hydrogen) atoms. The third-order valence-electron chi connectivity index (χ3n) is 5.08. The number of fused-ring (bicyclic) bond motifs is 1. The van der Waals surface area contributed by atoms with Gasteiger partial charge in [0.15, 0.2) is 9.84 Å². The van der Waals surface area contributed by atoms with Crippen LogP contribution in [0.5, 0.6) is 0 Å². The van der Waals surface area contributed by atoms with Gasteiger partial charge in [-0.3, -0.25) is 4.90 Å². The quantitative estimate of drug-likeness (QED) is 0.736. The summed E-state index contributed by atoms with van der Waals surface area (Å²) in [6.45, 7) is 3.26. The van der Waals surface area contributed by atoms with Crippen molar-refractivity contribution in [3.8, 4) is 0 Å². The lowest BCUT2D eigenvalue weighted by molar-refractivity contribution is 0.200. The fourth-order valence-corrected chi connectivity index (χ4v) is 5.79. The Hall–Kier alpha value is -1.25. The highest BCUT2D eigenvalue weighted by Crippen LogP contribution is 2.26. The SMILES string of the molecule is O=S1(=O)CCC(N2CCN(c3ccc4cc(Br)c(F)cc4n3)CC2)C1. The van der Waals surface area contributed by atoms with E-state index >= 15 is 0 Å². The first-order chi connectivity index (χ1) is 11.9. The Balaban J connectivity index is 1.47. The standard InChI is InChI=1S/C17H19BrFN3O2S/c18-14-9-12-1-2-17(20-16(12)10-15(14)19)22-6-4-21(5-7-22)13-3-8-25(23,24)11-13/h1-2,9-10,13H,3-8,11H2. The molecule has 5 nitrogen and oxygen atoms in total. The van der Waals surface area contributed by atoms with Gasteiger partial charge in [-0.05, 0) is 40.5 Å². The molecule has 0 radical (unpaired) electrons. The Morgan fingerprint density at radius 2 is 1.92 bits per heavy atom. The monoisotopic (exact) mass is 427 g/mol. The van der Waals surface area contributed by atoms with Crippen LogP contribution in [-0.2, 0) is 9.84 Å². The number of sulfone groups is 1. The fourth-order valence-electron chi connectivity index (χ4n) is 3.66. The van der Waals surface area contributed by atoms with E-state index in [1.807, 2.05) is 12.1 Å². The Bertz CT molecular complexity index is 913. The molecule has 0 bridgehead atoms. The fraction of sp³-hybridized carbons (Fsp3) is 0.471. The van der Waals surface area contributed by atoms with Crippen LogP contribution in [-0.4, -0.2) is 62.0 Å². The zero-order valence-electron chi connectivity index (χ0n) is 13.7. The molecule has 0 amide bonds. The van der Waals surface area contributed by atoms with Gasteiger partial charge in [0.25, 0.3) is 0 Å². The van der Waals surface area contributed by atoms with Gasteiger partial charge in [-0.2, -0.15) is 0 Å². The molecule has 1 atom stereocenters. The van der Waals surface area contributed by atoms with Gasteiger partial charge in [-0.15, -0.1) is 0 Å². The van der Waals surface area contributed by atoms with Crippen molar-refractivity contribution in [3.05, 3.63) is 34.6 Å². The number of hydrogen-bond acceptors (Lipinski definition) is 5. The van der Waals surface area contributed by atoms with E-state index in [0.717, 1.165) is 43.8 Å². The summed E-state index contributed by atoms with van der Waals surface area (Å²) in [4.78, 5) is 9.05. The minimum atomic E-state index is -2.85. The van der Waals surface area contributed by atoms with Crippen LogP contribution in [0.4, 0.5) is 10.2 Å². The second-order valence-electron chi connectivity index (χ2n) is 6.71. The van der Waals surface area contributed by atoms with E-state index in [0.29, 0.717) is 15.7 Å². The molecule has 2 aromatic rings. The van der Waals surface area contributed by atoms with Crippen LogP contribution in [0.15, 0.2) is 28.7 Å². The van der Waals surface area contributed by atoms with Crippen molar-refractivity contribution in [2.45, 2.75) is 12.5 Å². The molecule has 1 aromatic heterocycles. The molecule has 134 valence electrons. The molecule has 1 unspecified atom stereocenters. The molecular formula is C17H19BrFN3O2S. The first kappa shape index (κ1) is 17.2. The average molecular weight is 428 g/mol. The van der Waals surface area contributed by atoms with Crippen LogP contribution >= 0.6 is 15.9 Å². The minimum absolute atomic E-state index is 0.156. The average Bonchev–Trinajstić information content (AvgIpc) is 2.96. The molecule has 8 heteroatoms. The van der Waals surface area contributed by atoms with Gasteiger partial charge in [-0.25, -0.2) is 17.8 Å². The van der Waals surface area contributed by atoms with Gasteiger partial charge >= 0.3 is 0 Å². The predicted molar refractivity (Wildman–Crippen MR) is 100 cm³/mol. The predicted octanol–water partition coefficient (Wildman–Crippen LogP) is 2.45. The van der Waals surface area contributed by atoms with Crippen molar-refractivity contribution in [1.29, 1.82) is 0 Å². The molecular weight excluding hydrogens is 409 g/mol. The summed E-state index contributed by atoms with van der Waals surface area (Å²) in [5.74, 6) is 1.12. The number of aromatic nitrogens is 1. The van der Waals surface area contributed by atoms with Gasteiger partial charge in [0, 0.05) is 43.7 Å². The Labute approximate surface area is 154 Å². The highest BCUT2D eigenvalue weighted by molar-refractivity contribution is 9.10. The Morgan fingerprint density at radius 1 is 1.16 bits per heavy atom. The van der Waals surface area contributed by atoms with E-state index in [1.165, 1.54) is 6.07 Å². The van der Waals surface area contributed by atoms with E-state index in [2.05, 4.69) is 30.7 Å². The Morgan fingerprint density at radius 3 is 2.60 bits per heavy atom. The smallest absolute Gasteiger partial charge is 0.151 e. The van der Waals surface area contributed by atoms with Crippen LogP contribution in [0.1, 0.15) is 6.42 Å². The van der Waals surface area contributed by atoms with E-state index < -0.39 is 9.84 Å². The number of rotatable bonds is 2. The molecule has 1 aromatic carbocycles. The lowest BCUT2D eigenvalue weighted by Gasteiger charge is -2.38. The van der Waals surface area contributed by atoms with Gasteiger partial charge in [-0.1, -0.05) is 0 Å². The number of nitrogens with zero attached hydrogens (tertiary/aromatic N) is 3. The van der Waals surface area contributed by atoms with E-state index in [9.17, 15) is 12.8 Å². The lowest BCUT2D eigenvalue weighted by Crippen LogP contribution is -2.51. The van der Waals surface area contributed by atoms with E-state index in [4.69, 9.17) is 0 Å². The van der Waals surface area contributed by atoms with Crippen molar-refractivity contribution in [2.75, 3.05) is 42.6 Å². The van der Waals surface area contributed by atoms with Crippen molar-refractivity contribution in [3.63, 3.8) is 0 Å². The van der Waals surface area contributed by atoms with Crippen molar-refractivity contribution >= 4 is 42.5 Å². The topological polar surface area (TPSA) is 53.5 Å². The van der Waals surface area contributed by atoms with Crippen LogP contribution < -0.4 is 4.90 Å². The largest absolute Gasteiger partial charge is 0.354 e. The third kappa shape index (κ3) is 3.52. The van der Waals surface area contributed by atoms with Gasteiger partial charge in [0.1, 0.15) is 11.6 Å². The molecule has 0 aliphatic carbocycles. The lowest BCUT2D eigenvalue weighted by atomic mass is 10.2. The van der Waals surface area contributed by atoms with Gasteiger partial charge in [0.2, 0.25) is 0 Å². The molecule has 0 saturated carbocycles.